The molecule has 0 saturated carbocycles. The highest BCUT2D eigenvalue weighted by Crippen LogP contribution is 2.05. The first-order valence-corrected chi connectivity index (χ1v) is 6.07. The van der Waals surface area contributed by atoms with Crippen molar-refractivity contribution in [3.8, 4) is 0 Å². The first kappa shape index (κ1) is 15.9. The van der Waals surface area contributed by atoms with Crippen molar-refractivity contribution in [3.63, 3.8) is 0 Å². The zero-order valence-corrected chi connectivity index (χ0v) is 10.9. The van der Waals surface area contributed by atoms with E-state index in [0.29, 0.717) is 32.5 Å². The maximum Gasteiger partial charge on any atom is 0.326 e. The zero-order valence-electron chi connectivity index (χ0n) is 10.9. The Morgan fingerprint density at radius 2 is 2.00 bits per heavy atom. The third-order valence-electron chi connectivity index (χ3n) is 2.24. The number of carboxylic acids is 1. The minimum Gasteiger partial charge on any atom is -0.480 e. The van der Waals surface area contributed by atoms with Crippen molar-refractivity contribution in [2.24, 2.45) is 5.92 Å². The number of rotatable bonds is 9. The molecule has 0 rings (SSSR count). The minimum absolute atomic E-state index is 0.224. The Bertz CT molecular complexity index is 241. The van der Waals surface area contributed by atoms with Gasteiger partial charge in [-0.1, -0.05) is 13.8 Å². The van der Waals surface area contributed by atoms with Crippen LogP contribution in [0.15, 0.2) is 0 Å². The first-order chi connectivity index (χ1) is 7.97. The molecule has 0 aromatic heterocycles. The van der Waals surface area contributed by atoms with Gasteiger partial charge in [-0.05, 0) is 25.7 Å². The second-order valence-corrected chi connectivity index (χ2v) is 4.39. The summed E-state index contributed by atoms with van der Waals surface area (Å²) in [6.07, 6.45) is 1.38. The van der Waals surface area contributed by atoms with E-state index in [2.05, 4.69) is 5.32 Å². The van der Waals surface area contributed by atoms with Gasteiger partial charge in [-0.2, -0.15) is 0 Å². The van der Waals surface area contributed by atoms with Crippen LogP contribution in [0.25, 0.3) is 0 Å². The van der Waals surface area contributed by atoms with Gasteiger partial charge in [-0.3, -0.25) is 4.79 Å². The maximum atomic E-state index is 11.5. The molecule has 5 heteroatoms. The molecule has 100 valence electrons. The Balaban J connectivity index is 3.91. The quantitative estimate of drug-likeness (QED) is 0.602. The van der Waals surface area contributed by atoms with E-state index in [0.717, 1.165) is 0 Å². The number of hydrogen-bond acceptors (Lipinski definition) is 3. The molecule has 0 saturated heterocycles. The van der Waals surface area contributed by atoms with Gasteiger partial charge in [0, 0.05) is 19.6 Å². The molecule has 0 unspecified atom stereocenters. The number of amides is 1. The lowest BCUT2D eigenvalue weighted by molar-refractivity contribution is -0.142. The van der Waals surface area contributed by atoms with Gasteiger partial charge in [-0.25, -0.2) is 4.79 Å². The van der Waals surface area contributed by atoms with Crippen LogP contribution in [0.2, 0.25) is 0 Å². The molecular formula is C12H23NO4. The Morgan fingerprint density at radius 1 is 1.35 bits per heavy atom. The van der Waals surface area contributed by atoms with E-state index in [1.165, 1.54) is 0 Å². The smallest absolute Gasteiger partial charge is 0.326 e. The van der Waals surface area contributed by atoms with Crippen LogP contribution in [0, 0.1) is 5.92 Å². The van der Waals surface area contributed by atoms with E-state index in [4.69, 9.17) is 9.84 Å². The summed E-state index contributed by atoms with van der Waals surface area (Å²) in [5.74, 6) is -0.963. The van der Waals surface area contributed by atoms with Crippen molar-refractivity contribution >= 4 is 11.9 Å². The summed E-state index contributed by atoms with van der Waals surface area (Å²) in [6, 6.07) is -0.783. The third kappa shape index (κ3) is 8.68. The fourth-order valence-corrected chi connectivity index (χ4v) is 1.44. The highest BCUT2D eigenvalue weighted by atomic mass is 16.5. The van der Waals surface area contributed by atoms with Crippen LogP contribution in [0.5, 0.6) is 0 Å². The molecule has 1 amide bonds. The van der Waals surface area contributed by atoms with Gasteiger partial charge in [0.1, 0.15) is 6.04 Å². The average Bonchev–Trinajstić information content (AvgIpc) is 2.22. The van der Waals surface area contributed by atoms with Crippen LogP contribution in [-0.2, 0) is 14.3 Å². The lowest BCUT2D eigenvalue weighted by atomic mass is 10.0. The number of nitrogens with one attached hydrogen (secondary N) is 1. The molecule has 0 fully saturated rings. The average molecular weight is 245 g/mol. The lowest BCUT2D eigenvalue weighted by Crippen LogP contribution is -2.41. The predicted molar refractivity (Wildman–Crippen MR) is 64.7 cm³/mol. The normalized spacial score (nSPS) is 12.5. The zero-order chi connectivity index (χ0) is 13.3. The van der Waals surface area contributed by atoms with E-state index in [9.17, 15) is 9.59 Å². The number of hydrogen-bond donors (Lipinski definition) is 2. The van der Waals surface area contributed by atoms with Gasteiger partial charge >= 0.3 is 5.97 Å². The highest BCUT2D eigenvalue weighted by molar-refractivity contribution is 5.83. The molecule has 0 aliphatic carbocycles. The fourth-order valence-electron chi connectivity index (χ4n) is 1.44. The van der Waals surface area contributed by atoms with Crippen LogP contribution in [-0.4, -0.2) is 36.2 Å². The van der Waals surface area contributed by atoms with Gasteiger partial charge in [0.15, 0.2) is 0 Å². The molecule has 0 bridgehead atoms. The predicted octanol–water partition coefficient (Wildman–Crippen LogP) is 1.42. The Morgan fingerprint density at radius 3 is 2.47 bits per heavy atom. The number of aliphatic carboxylic acids is 1. The van der Waals surface area contributed by atoms with Crippen LogP contribution in [0.4, 0.5) is 0 Å². The molecule has 0 aliphatic heterocycles. The van der Waals surface area contributed by atoms with Gasteiger partial charge in [0.05, 0.1) is 0 Å². The Kier molecular flexibility index (Phi) is 8.40. The van der Waals surface area contributed by atoms with Crippen LogP contribution in [0.3, 0.4) is 0 Å². The first-order valence-electron chi connectivity index (χ1n) is 6.07. The summed E-state index contributed by atoms with van der Waals surface area (Å²) in [6.45, 7) is 6.91. The lowest BCUT2D eigenvalue weighted by Gasteiger charge is -2.16. The Hall–Kier alpha value is -1.10. The maximum absolute atomic E-state index is 11.5. The summed E-state index contributed by atoms with van der Waals surface area (Å²) < 4.78 is 5.10. The fraction of sp³-hybridized carbons (Fsp3) is 0.833. The molecule has 5 nitrogen and oxygen atoms in total. The van der Waals surface area contributed by atoms with E-state index in [-0.39, 0.29) is 11.8 Å². The van der Waals surface area contributed by atoms with Crippen LogP contribution >= 0.6 is 0 Å². The summed E-state index contributed by atoms with van der Waals surface area (Å²) in [4.78, 5) is 22.4. The van der Waals surface area contributed by atoms with Gasteiger partial charge < -0.3 is 15.2 Å². The second-order valence-electron chi connectivity index (χ2n) is 4.39. The molecule has 0 aromatic rings. The van der Waals surface area contributed by atoms with Crippen molar-refractivity contribution in [1.29, 1.82) is 0 Å². The molecule has 0 heterocycles. The van der Waals surface area contributed by atoms with Gasteiger partial charge in [-0.15, -0.1) is 0 Å². The summed E-state index contributed by atoms with van der Waals surface area (Å²) in [5, 5.41) is 11.5. The summed E-state index contributed by atoms with van der Waals surface area (Å²) >= 11 is 0. The summed E-state index contributed by atoms with van der Waals surface area (Å²) in [5.41, 5.74) is 0. The van der Waals surface area contributed by atoms with E-state index >= 15 is 0 Å². The van der Waals surface area contributed by atoms with Crippen molar-refractivity contribution in [1.82, 2.24) is 5.32 Å². The van der Waals surface area contributed by atoms with Gasteiger partial charge in [0.25, 0.3) is 0 Å². The van der Waals surface area contributed by atoms with Gasteiger partial charge in [0.2, 0.25) is 5.91 Å². The molecule has 0 spiro atoms. The number of carboxylic acid groups (broad SMARTS) is 1. The second kappa shape index (κ2) is 8.98. The number of carbonyl (C=O) groups is 2. The van der Waals surface area contributed by atoms with Crippen molar-refractivity contribution in [2.75, 3.05) is 13.2 Å². The standard InChI is InChI=1S/C12H23NO4/c1-4-17-7-5-6-11(14)13-10(12(15)16)8-9(2)3/h9-10H,4-8H2,1-3H3,(H,13,14)(H,15,16)/t10-/m1/s1. The third-order valence-corrected chi connectivity index (χ3v) is 2.24. The van der Waals surface area contributed by atoms with E-state index in [1.54, 1.807) is 0 Å². The largest absolute Gasteiger partial charge is 0.480 e. The minimum atomic E-state index is -0.975. The van der Waals surface area contributed by atoms with Crippen LogP contribution in [0.1, 0.15) is 40.0 Å². The molecule has 0 aliphatic rings. The summed E-state index contributed by atoms with van der Waals surface area (Å²) in [7, 11) is 0. The molecule has 0 radical (unpaired) electrons. The van der Waals surface area contributed by atoms with E-state index < -0.39 is 12.0 Å². The molecule has 17 heavy (non-hydrogen) atoms. The van der Waals surface area contributed by atoms with Crippen LogP contribution < -0.4 is 5.32 Å². The van der Waals surface area contributed by atoms with E-state index in [1.807, 2.05) is 20.8 Å². The molecule has 1 atom stereocenters. The molecular weight excluding hydrogens is 222 g/mol. The molecule has 0 aromatic carbocycles. The van der Waals surface area contributed by atoms with Crippen molar-refractivity contribution in [2.45, 2.75) is 46.1 Å². The molecule has 2 N–H and O–H groups in total. The highest BCUT2D eigenvalue weighted by Gasteiger charge is 2.20. The monoisotopic (exact) mass is 245 g/mol. The van der Waals surface area contributed by atoms with Crippen molar-refractivity contribution in [3.05, 3.63) is 0 Å². The number of carbonyl (C=O) groups excluding carboxylic acids is 1. The van der Waals surface area contributed by atoms with Crippen molar-refractivity contribution < 1.29 is 19.4 Å². The SMILES string of the molecule is CCOCCCC(=O)N[C@H](CC(C)C)C(=O)O. The number of ether oxygens (including phenoxy) is 1. The Labute approximate surface area is 103 Å². The topological polar surface area (TPSA) is 75.6 Å².